The minimum Gasteiger partial charge on any atom is -0.459 e. The summed E-state index contributed by atoms with van der Waals surface area (Å²) in [7, 11) is 0. The molecule has 3 amide bonds. The van der Waals surface area contributed by atoms with E-state index in [0.29, 0.717) is 10.1 Å². The van der Waals surface area contributed by atoms with Crippen molar-refractivity contribution in [3.8, 4) is 11.7 Å². The predicted molar refractivity (Wildman–Crippen MR) is 107 cm³/mol. The number of carbonyl (C=O) groups excluding carboxylic acids is 3. The summed E-state index contributed by atoms with van der Waals surface area (Å²) in [4.78, 5) is 34.8. The number of hydrogen-bond donors (Lipinski definition) is 2. The van der Waals surface area contributed by atoms with Crippen LogP contribution in [-0.2, 0) is 14.3 Å². The number of furan rings is 1. The van der Waals surface area contributed by atoms with Gasteiger partial charge >= 0.3 is 6.09 Å². The molecule has 0 atom stereocenters. The normalized spacial score (nSPS) is 10.6. The summed E-state index contributed by atoms with van der Waals surface area (Å²) in [6.45, 7) is 1.80. The maximum absolute atomic E-state index is 12.1. The van der Waals surface area contributed by atoms with Gasteiger partial charge in [-0.25, -0.2) is 4.79 Å². The Morgan fingerprint density at radius 3 is 2.73 bits per heavy atom. The lowest BCUT2D eigenvalue weighted by molar-refractivity contribution is -0.118. The minimum absolute atomic E-state index is 0.0176. The third-order valence-corrected chi connectivity index (χ3v) is 5.75. The van der Waals surface area contributed by atoms with Crippen molar-refractivity contribution in [2.75, 3.05) is 23.4 Å². The Labute approximate surface area is 181 Å². The first-order valence-electron chi connectivity index (χ1n) is 8.26. The Balaban J connectivity index is 1.40. The second-order valence-corrected chi connectivity index (χ2v) is 8.24. The van der Waals surface area contributed by atoms with Crippen LogP contribution in [0.5, 0.6) is 0 Å². The first-order valence-corrected chi connectivity index (χ1v) is 11.0. The number of imide groups is 1. The summed E-state index contributed by atoms with van der Waals surface area (Å²) in [5.41, 5.74) is 0. The number of alkyl carbamates (subject to hydrolysis) is 1. The molecule has 158 valence electrons. The van der Waals surface area contributed by atoms with Gasteiger partial charge in [0.2, 0.25) is 16.9 Å². The van der Waals surface area contributed by atoms with Crippen molar-refractivity contribution in [3.63, 3.8) is 0 Å². The standard InChI is InChI=1S/C15H14N6O6S3/c1-2-25-13(24)17-10(23)7-29-15-21-19-12(30-15)16-9(22)6-28-14-20-18-11(27-14)8-4-3-5-26-8/h3-5H,2,6-7H2,1H3,(H,16,19,22)(H,17,23,24). The zero-order valence-corrected chi connectivity index (χ0v) is 17.8. The van der Waals surface area contributed by atoms with E-state index < -0.39 is 12.0 Å². The summed E-state index contributed by atoms with van der Waals surface area (Å²) < 4.78 is 15.6. The molecule has 0 saturated carbocycles. The van der Waals surface area contributed by atoms with E-state index >= 15 is 0 Å². The van der Waals surface area contributed by atoms with Crippen LogP contribution in [0, 0.1) is 0 Å². The van der Waals surface area contributed by atoms with Crippen molar-refractivity contribution in [2.45, 2.75) is 16.5 Å². The number of ether oxygens (including phenoxy) is 1. The molecule has 0 fully saturated rings. The molecule has 0 spiro atoms. The fraction of sp³-hybridized carbons (Fsp3) is 0.267. The first kappa shape index (κ1) is 21.8. The van der Waals surface area contributed by atoms with Crippen molar-refractivity contribution < 1.29 is 28.0 Å². The highest BCUT2D eigenvalue weighted by atomic mass is 32.2. The molecule has 0 aliphatic carbocycles. The van der Waals surface area contributed by atoms with Gasteiger partial charge < -0.3 is 13.6 Å². The molecule has 0 radical (unpaired) electrons. The zero-order valence-electron chi connectivity index (χ0n) is 15.3. The molecule has 15 heteroatoms. The van der Waals surface area contributed by atoms with Crippen LogP contribution in [0.1, 0.15) is 6.92 Å². The highest BCUT2D eigenvalue weighted by Gasteiger charge is 2.15. The molecule has 2 N–H and O–H groups in total. The molecule has 0 aromatic carbocycles. The van der Waals surface area contributed by atoms with Gasteiger partial charge in [0, 0.05) is 0 Å². The monoisotopic (exact) mass is 470 g/mol. The van der Waals surface area contributed by atoms with Gasteiger partial charge in [-0.2, -0.15) is 0 Å². The number of nitrogens with zero attached hydrogens (tertiary/aromatic N) is 4. The summed E-state index contributed by atoms with van der Waals surface area (Å²) in [6.07, 6.45) is 0.685. The summed E-state index contributed by atoms with van der Waals surface area (Å²) >= 11 is 3.23. The van der Waals surface area contributed by atoms with Gasteiger partial charge in [-0.3, -0.25) is 20.2 Å². The average Bonchev–Trinajstić information content (AvgIpc) is 3.46. The molecular weight excluding hydrogens is 456 g/mol. The minimum atomic E-state index is -0.802. The van der Waals surface area contributed by atoms with E-state index in [2.05, 4.69) is 35.8 Å². The average molecular weight is 471 g/mol. The summed E-state index contributed by atoms with van der Waals surface area (Å²) in [5.74, 6) is -0.236. The third kappa shape index (κ3) is 6.57. The number of nitrogens with one attached hydrogen (secondary N) is 2. The number of hydrogen-bond acceptors (Lipinski definition) is 13. The van der Waals surface area contributed by atoms with Crippen molar-refractivity contribution >= 4 is 57.9 Å². The Hall–Kier alpha value is -2.91. The second kappa shape index (κ2) is 10.7. The van der Waals surface area contributed by atoms with Crippen molar-refractivity contribution in [2.24, 2.45) is 0 Å². The number of thioether (sulfide) groups is 2. The maximum atomic E-state index is 12.1. The lowest BCUT2D eigenvalue weighted by Gasteiger charge is -2.02. The van der Waals surface area contributed by atoms with Gasteiger partial charge in [0.25, 0.3) is 11.1 Å². The number of amides is 3. The van der Waals surface area contributed by atoms with Crippen LogP contribution in [0.15, 0.2) is 36.8 Å². The molecule has 3 heterocycles. The second-order valence-electron chi connectivity index (χ2n) is 5.12. The highest BCUT2D eigenvalue weighted by Crippen LogP contribution is 2.26. The van der Waals surface area contributed by atoms with Crippen LogP contribution < -0.4 is 10.6 Å². The Kier molecular flexibility index (Phi) is 7.81. The fourth-order valence-corrected chi connectivity index (χ4v) is 3.94. The molecule has 12 nitrogen and oxygen atoms in total. The van der Waals surface area contributed by atoms with Crippen molar-refractivity contribution in [1.29, 1.82) is 0 Å². The SMILES string of the molecule is CCOC(=O)NC(=O)CSc1nnc(NC(=O)CSc2nnc(-c3ccco3)o2)s1. The number of aromatic nitrogens is 4. The number of rotatable bonds is 9. The molecule has 30 heavy (non-hydrogen) atoms. The lowest BCUT2D eigenvalue weighted by Crippen LogP contribution is -2.32. The van der Waals surface area contributed by atoms with E-state index in [-0.39, 0.29) is 40.3 Å². The zero-order chi connectivity index (χ0) is 21.3. The number of anilines is 1. The molecule has 3 aromatic heterocycles. The largest absolute Gasteiger partial charge is 0.459 e. The van der Waals surface area contributed by atoms with Crippen LogP contribution >= 0.6 is 34.9 Å². The molecule has 0 aliphatic rings. The van der Waals surface area contributed by atoms with E-state index in [4.69, 9.17) is 8.83 Å². The van der Waals surface area contributed by atoms with Gasteiger partial charge in [0.1, 0.15) is 0 Å². The predicted octanol–water partition coefficient (Wildman–Crippen LogP) is 2.28. The molecule has 0 saturated heterocycles. The quantitative estimate of drug-likeness (QED) is 0.347. The van der Waals surface area contributed by atoms with Gasteiger partial charge in [-0.1, -0.05) is 34.9 Å². The van der Waals surface area contributed by atoms with Gasteiger partial charge in [-0.15, -0.1) is 20.4 Å². The Morgan fingerprint density at radius 2 is 1.97 bits per heavy atom. The first-order chi connectivity index (χ1) is 14.5. The van der Waals surface area contributed by atoms with E-state index in [1.165, 1.54) is 6.26 Å². The maximum Gasteiger partial charge on any atom is 0.413 e. The van der Waals surface area contributed by atoms with Crippen LogP contribution in [0.4, 0.5) is 9.93 Å². The highest BCUT2D eigenvalue weighted by molar-refractivity contribution is 8.01. The van der Waals surface area contributed by atoms with Crippen LogP contribution in [0.3, 0.4) is 0 Å². The lowest BCUT2D eigenvalue weighted by atomic mass is 10.5. The van der Waals surface area contributed by atoms with Gasteiger partial charge in [0.15, 0.2) is 10.1 Å². The molecular formula is C15H14N6O6S3. The van der Waals surface area contributed by atoms with E-state index in [1.54, 1.807) is 19.1 Å². The fourth-order valence-electron chi connectivity index (χ4n) is 1.81. The van der Waals surface area contributed by atoms with E-state index in [1.807, 2.05) is 0 Å². The molecule has 3 rings (SSSR count). The van der Waals surface area contributed by atoms with Crippen molar-refractivity contribution in [1.82, 2.24) is 25.7 Å². The molecule has 0 aliphatic heterocycles. The summed E-state index contributed by atoms with van der Waals surface area (Å²) in [5, 5.41) is 20.5. The topological polar surface area (TPSA) is 162 Å². The Morgan fingerprint density at radius 1 is 1.13 bits per heavy atom. The van der Waals surface area contributed by atoms with Gasteiger partial charge in [-0.05, 0) is 19.1 Å². The van der Waals surface area contributed by atoms with Crippen LogP contribution in [0.2, 0.25) is 0 Å². The molecule has 0 unspecified atom stereocenters. The smallest absolute Gasteiger partial charge is 0.413 e. The van der Waals surface area contributed by atoms with E-state index in [9.17, 15) is 14.4 Å². The molecule has 3 aromatic rings. The van der Waals surface area contributed by atoms with Crippen molar-refractivity contribution in [3.05, 3.63) is 18.4 Å². The Bertz CT molecular complexity index is 1000. The summed E-state index contributed by atoms with van der Waals surface area (Å²) in [6, 6.07) is 3.38. The van der Waals surface area contributed by atoms with Crippen LogP contribution in [0.25, 0.3) is 11.7 Å². The number of carbonyl (C=O) groups is 3. The van der Waals surface area contributed by atoms with Gasteiger partial charge in [0.05, 0.1) is 24.4 Å². The van der Waals surface area contributed by atoms with E-state index in [0.717, 1.165) is 34.9 Å². The third-order valence-electron chi connectivity index (χ3n) is 2.96. The molecule has 0 bridgehead atoms. The van der Waals surface area contributed by atoms with Crippen LogP contribution in [-0.4, -0.2) is 56.4 Å².